The number of nitrogens with one attached hydrogen (secondary N) is 1. The normalized spacial score (nSPS) is 10.6. The summed E-state index contributed by atoms with van der Waals surface area (Å²) in [7, 11) is 0. The molecule has 7 heteroatoms. The second kappa shape index (κ2) is 8.29. The molecule has 4 nitrogen and oxygen atoms in total. The molecule has 1 amide bonds. The zero-order valence-corrected chi connectivity index (χ0v) is 15.5. The summed E-state index contributed by atoms with van der Waals surface area (Å²) in [4.78, 5) is 17.3. The van der Waals surface area contributed by atoms with Crippen LogP contribution in [0.5, 0.6) is 5.75 Å². The highest BCUT2D eigenvalue weighted by atomic mass is 35.5. The van der Waals surface area contributed by atoms with E-state index in [0.717, 1.165) is 5.56 Å². The van der Waals surface area contributed by atoms with Crippen molar-refractivity contribution in [2.75, 3.05) is 0 Å². The van der Waals surface area contributed by atoms with Crippen LogP contribution >= 0.6 is 22.9 Å². The maximum absolute atomic E-state index is 12.9. The second-order valence-electron chi connectivity index (χ2n) is 5.58. The molecule has 0 spiro atoms. The van der Waals surface area contributed by atoms with Gasteiger partial charge in [0.1, 0.15) is 28.1 Å². The van der Waals surface area contributed by atoms with Crippen molar-refractivity contribution in [3.8, 4) is 5.75 Å². The number of thiazole rings is 1. The Kier molecular flexibility index (Phi) is 5.85. The van der Waals surface area contributed by atoms with Crippen LogP contribution in [0.15, 0.2) is 48.5 Å². The molecule has 2 aromatic carbocycles. The zero-order valence-electron chi connectivity index (χ0n) is 14.0. The van der Waals surface area contributed by atoms with Crippen LogP contribution in [0.25, 0.3) is 0 Å². The molecule has 0 radical (unpaired) electrons. The minimum Gasteiger partial charge on any atom is -0.486 e. The molecule has 3 rings (SSSR count). The fourth-order valence-electron chi connectivity index (χ4n) is 2.31. The lowest BCUT2D eigenvalue weighted by Crippen LogP contribution is -2.22. The Morgan fingerprint density at radius 2 is 2.04 bits per heavy atom. The number of hydrogen-bond donors (Lipinski definition) is 1. The highest BCUT2D eigenvalue weighted by Crippen LogP contribution is 2.21. The van der Waals surface area contributed by atoms with Crippen LogP contribution in [0, 0.1) is 12.7 Å². The number of amides is 1. The van der Waals surface area contributed by atoms with E-state index in [4.69, 9.17) is 16.3 Å². The molecule has 0 unspecified atom stereocenters. The van der Waals surface area contributed by atoms with Crippen LogP contribution in [0.3, 0.4) is 0 Å². The molecule has 0 aliphatic heterocycles. The average Bonchev–Trinajstić information content (AvgIpc) is 3.00. The first-order valence-corrected chi connectivity index (χ1v) is 9.08. The topological polar surface area (TPSA) is 51.2 Å². The van der Waals surface area contributed by atoms with E-state index < -0.39 is 0 Å². The van der Waals surface area contributed by atoms with Crippen LogP contribution in [-0.2, 0) is 13.2 Å². The third-order valence-corrected chi connectivity index (χ3v) is 4.93. The van der Waals surface area contributed by atoms with Gasteiger partial charge in [0.25, 0.3) is 5.91 Å². The number of carbonyl (C=O) groups excluding carboxylic acids is 1. The molecule has 1 aromatic heterocycles. The number of hydrogen-bond acceptors (Lipinski definition) is 4. The molecule has 0 atom stereocenters. The van der Waals surface area contributed by atoms with E-state index in [-0.39, 0.29) is 18.3 Å². The number of benzene rings is 2. The summed E-state index contributed by atoms with van der Waals surface area (Å²) < 4.78 is 18.5. The first-order valence-electron chi connectivity index (χ1n) is 7.88. The molecule has 0 saturated heterocycles. The molecule has 0 aliphatic rings. The summed E-state index contributed by atoms with van der Waals surface area (Å²) in [6.45, 7) is 2.39. The van der Waals surface area contributed by atoms with Gasteiger partial charge in [0.2, 0.25) is 0 Å². The number of halogens is 2. The maximum Gasteiger partial charge on any atom is 0.263 e. The number of carbonyl (C=O) groups is 1. The van der Waals surface area contributed by atoms with Gasteiger partial charge < -0.3 is 10.1 Å². The van der Waals surface area contributed by atoms with Crippen molar-refractivity contribution in [3.05, 3.63) is 80.5 Å². The Bertz CT molecular complexity index is 912. The Balaban J connectivity index is 1.59. The van der Waals surface area contributed by atoms with Gasteiger partial charge in [-0.2, -0.15) is 0 Å². The van der Waals surface area contributed by atoms with E-state index in [9.17, 15) is 9.18 Å². The molecule has 1 heterocycles. The van der Waals surface area contributed by atoms with Gasteiger partial charge in [0, 0.05) is 11.6 Å². The van der Waals surface area contributed by atoms with E-state index in [2.05, 4.69) is 10.3 Å². The van der Waals surface area contributed by atoms with Gasteiger partial charge in [0.05, 0.1) is 5.69 Å². The first-order chi connectivity index (χ1) is 12.5. The summed E-state index contributed by atoms with van der Waals surface area (Å²) in [5.74, 6) is 0.0420. The van der Waals surface area contributed by atoms with Crippen molar-refractivity contribution in [2.24, 2.45) is 0 Å². The van der Waals surface area contributed by atoms with Crippen LogP contribution in [0.4, 0.5) is 4.39 Å². The van der Waals surface area contributed by atoms with Gasteiger partial charge in [-0.05, 0) is 48.9 Å². The van der Waals surface area contributed by atoms with E-state index in [1.54, 1.807) is 25.1 Å². The van der Waals surface area contributed by atoms with Gasteiger partial charge in [-0.15, -0.1) is 11.3 Å². The Morgan fingerprint density at radius 1 is 1.27 bits per heavy atom. The van der Waals surface area contributed by atoms with Gasteiger partial charge in [-0.3, -0.25) is 4.79 Å². The molecule has 0 fully saturated rings. The predicted molar refractivity (Wildman–Crippen MR) is 100 cm³/mol. The minimum atomic E-state index is -0.318. The number of ether oxygens (including phenoxy) is 1. The van der Waals surface area contributed by atoms with Crippen LogP contribution in [-0.4, -0.2) is 10.9 Å². The average molecular weight is 391 g/mol. The smallest absolute Gasteiger partial charge is 0.263 e. The highest BCUT2D eigenvalue weighted by Gasteiger charge is 2.15. The molecular weight excluding hydrogens is 375 g/mol. The van der Waals surface area contributed by atoms with Crippen molar-refractivity contribution >= 4 is 28.8 Å². The third-order valence-electron chi connectivity index (χ3n) is 3.57. The van der Waals surface area contributed by atoms with Gasteiger partial charge in [-0.25, -0.2) is 9.37 Å². The molecule has 134 valence electrons. The fourth-order valence-corrected chi connectivity index (χ4v) is 3.42. The SMILES string of the molecule is Cc1nc(COc2ccc(F)cc2)sc1C(=O)NCc1cccc(Cl)c1. The summed E-state index contributed by atoms with van der Waals surface area (Å²) in [6, 6.07) is 13.1. The quantitative estimate of drug-likeness (QED) is 0.660. The third kappa shape index (κ3) is 4.80. The lowest BCUT2D eigenvalue weighted by atomic mass is 10.2. The minimum absolute atomic E-state index is 0.187. The lowest BCUT2D eigenvalue weighted by molar-refractivity contribution is 0.0954. The summed E-state index contributed by atoms with van der Waals surface area (Å²) >= 11 is 7.22. The van der Waals surface area contributed by atoms with E-state index in [1.807, 2.05) is 18.2 Å². The van der Waals surface area contributed by atoms with E-state index in [1.165, 1.54) is 23.5 Å². The van der Waals surface area contributed by atoms with Gasteiger partial charge in [-0.1, -0.05) is 23.7 Å². The molecule has 0 saturated carbocycles. The first kappa shape index (κ1) is 18.4. The Labute approximate surface area is 159 Å². The Hall–Kier alpha value is -2.44. The lowest BCUT2D eigenvalue weighted by Gasteiger charge is -2.04. The maximum atomic E-state index is 12.9. The molecule has 3 aromatic rings. The van der Waals surface area contributed by atoms with Crippen LogP contribution in [0.1, 0.15) is 25.9 Å². The number of aryl methyl sites for hydroxylation is 1. The number of nitrogens with zero attached hydrogens (tertiary/aromatic N) is 1. The van der Waals surface area contributed by atoms with Crippen molar-refractivity contribution in [3.63, 3.8) is 0 Å². The summed E-state index contributed by atoms with van der Waals surface area (Å²) in [5, 5.41) is 4.18. The van der Waals surface area contributed by atoms with E-state index >= 15 is 0 Å². The molecular formula is C19H16ClFN2O2S. The van der Waals surface area contributed by atoms with Crippen molar-refractivity contribution in [1.82, 2.24) is 10.3 Å². The molecule has 1 N–H and O–H groups in total. The largest absolute Gasteiger partial charge is 0.486 e. The summed E-state index contributed by atoms with van der Waals surface area (Å²) in [6.07, 6.45) is 0. The van der Waals surface area contributed by atoms with Gasteiger partial charge in [0.15, 0.2) is 0 Å². The van der Waals surface area contributed by atoms with Crippen molar-refractivity contribution in [1.29, 1.82) is 0 Å². The molecule has 0 aliphatic carbocycles. The second-order valence-corrected chi connectivity index (χ2v) is 7.10. The standard InChI is InChI=1S/C19H16ClFN2O2S/c1-12-18(19(24)22-10-13-3-2-4-14(20)9-13)26-17(23-12)11-25-16-7-5-15(21)6-8-16/h2-9H,10-11H2,1H3,(H,22,24). The van der Waals surface area contributed by atoms with Gasteiger partial charge >= 0.3 is 0 Å². The Morgan fingerprint density at radius 3 is 2.77 bits per heavy atom. The zero-order chi connectivity index (χ0) is 18.5. The summed E-state index contributed by atoms with van der Waals surface area (Å²) in [5.41, 5.74) is 1.57. The van der Waals surface area contributed by atoms with Crippen LogP contribution < -0.4 is 10.1 Å². The monoisotopic (exact) mass is 390 g/mol. The van der Waals surface area contributed by atoms with Crippen molar-refractivity contribution in [2.45, 2.75) is 20.1 Å². The predicted octanol–water partition coefficient (Wildman–Crippen LogP) is 4.75. The number of rotatable bonds is 6. The highest BCUT2D eigenvalue weighted by molar-refractivity contribution is 7.13. The van der Waals surface area contributed by atoms with Crippen molar-refractivity contribution < 1.29 is 13.9 Å². The molecule has 26 heavy (non-hydrogen) atoms. The fraction of sp³-hybridized carbons (Fsp3) is 0.158. The molecule has 0 bridgehead atoms. The van der Waals surface area contributed by atoms with E-state index in [0.29, 0.717) is 32.9 Å². The number of aromatic nitrogens is 1. The van der Waals surface area contributed by atoms with Crippen LogP contribution in [0.2, 0.25) is 5.02 Å².